The molecule has 0 saturated carbocycles. The maximum Gasteiger partial charge on any atom is 0.138 e. The Labute approximate surface area is 259 Å². The summed E-state index contributed by atoms with van der Waals surface area (Å²) in [6.45, 7) is 0. The van der Waals surface area contributed by atoms with Crippen molar-refractivity contribution in [2.24, 2.45) is 0 Å². The van der Waals surface area contributed by atoms with Crippen molar-refractivity contribution >= 4 is 21.5 Å². The number of pyridine rings is 1. The van der Waals surface area contributed by atoms with E-state index in [0.717, 1.165) is 33.0 Å². The standard InChI is InChI=1S/C43H24FN/c44-43-39(31-17-19-37-29-11-3-1-9-27(29)33-13-5-15-35(31)41(33)37)22-26(25-8-7-21-45-24-25)23-40(43)32-18-20-38-30-12-4-2-10-28(30)34-14-6-16-36(32)42(34)38/h1-24H. The molecule has 7 aromatic carbocycles. The highest BCUT2D eigenvalue weighted by atomic mass is 19.1. The molecule has 10 rings (SSSR count). The van der Waals surface area contributed by atoms with Gasteiger partial charge < -0.3 is 0 Å². The second-order valence-electron chi connectivity index (χ2n) is 12.0. The Bertz CT molecular complexity index is 2330. The molecule has 2 heteroatoms. The SMILES string of the molecule is Fc1c(-c2ccc3c4c(cccc24)-c2ccccc2-3)cc(-c2cccnc2)cc1-c1ccc2c3c(cccc13)-c1ccccc1-2. The van der Waals surface area contributed by atoms with Crippen LogP contribution >= 0.6 is 0 Å². The molecular formula is C43H24FN. The van der Waals surface area contributed by atoms with Gasteiger partial charge in [0, 0.05) is 29.1 Å². The van der Waals surface area contributed by atoms with Crippen LogP contribution in [0.5, 0.6) is 0 Å². The van der Waals surface area contributed by atoms with Gasteiger partial charge in [-0.2, -0.15) is 0 Å². The van der Waals surface area contributed by atoms with Crippen molar-refractivity contribution in [2.45, 2.75) is 0 Å². The van der Waals surface area contributed by atoms with E-state index in [0.29, 0.717) is 11.1 Å². The zero-order valence-electron chi connectivity index (χ0n) is 24.2. The molecule has 1 nitrogen and oxygen atoms in total. The molecule has 2 aliphatic rings. The van der Waals surface area contributed by atoms with Crippen molar-refractivity contribution in [3.8, 4) is 77.9 Å². The van der Waals surface area contributed by atoms with E-state index in [9.17, 15) is 0 Å². The topological polar surface area (TPSA) is 12.9 Å². The monoisotopic (exact) mass is 573 g/mol. The van der Waals surface area contributed by atoms with Gasteiger partial charge in [-0.05, 0) is 101 Å². The normalized spacial score (nSPS) is 12.1. The summed E-state index contributed by atoms with van der Waals surface area (Å²) in [4.78, 5) is 4.40. The van der Waals surface area contributed by atoms with Crippen LogP contribution in [0.15, 0.2) is 146 Å². The fourth-order valence-corrected chi connectivity index (χ4v) is 7.80. The summed E-state index contributed by atoms with van der Waals surface area (Å²) in [5.74, 6) is -0.213. The molecule has 0 saturated heterocycles. The van der Waals surface area contributed by atoms with Crippen LogP contribution in [0.4, 0.5) is 4.39 Å². The van der Waals surface area contributed by atoms with Crippen molar-refractivity contribution in [3.05, 3.63) is 152 Å². The molecule has 0 aliphatic heterocycles. The van der Waals surface area contributed by atoms with Crippen LogP contribution < -0.4 is 0 Å². The molecule has 208 valence electrons. The Hall–Kier alpha value is -5.86. The zero-order chi connectivity index (χ0) is 29.6. The van der Waals surface area contributed by atoms with E-state index in [1.54, 1.807) is 6.20 Å². The fraction of sp³-hybridized carbons (Fsp3) is 0. The first-order chi connectivity index (χ1) is 22.3. The van der Waals surface area contributed by atoms with Gasteiger partial charge in [-0.1, -0.05) is 115 Å². The third-order valence-electron chi connectivity index (χ3n) is 9.74. The summed E-state index contributed by atoms with van der Waals surface area (Å²) in [6, 6.07) is 46.4. The smallest absolute Gasteiger partial charge is 0.138 e. The molecule has 2 aliphatic carbocycles. The van der Waals surface area contributed by atoms with Crippen molar-refractivity contribution in [2.75, 3.05) is 0 Å². The van der Waals surface area contributed by atoms with E-state index in [4.69, 9.17) is 0 Å². The molecule has 0 radical (unpaired) electrons. The van der Waals surface area contributed by atoms with Crippen LogP contribution in [-0.2, 0) is 0 Å². The largest absolute Gasteiger partial charge is 0.264 e. The van der Waals surface area contributed by atoms with E-state index in [1.165, 1.54) is 55.3 Å². The van der Waals surface area contributed by atoms with Gasteiger partial charge in [-0.15, -0.1) is 0 Å². The highest BCUT2D eigenvalue weighted by molar-refractivity contribution is 6.20. The molecule has 1 aromatic heterocycles. The number of halogens is 1. The number of hydrogen-bond acceptors (Lipinski definition) is 1. The van der Waals surface area contributed by atoms with Crippen LogP contribution in [-0.4, -0.2) is 4.98 Å². The van der Waals surface area contributed by atoms with E-state index in [-0.39, 0.29) is 5.82 Å². The second kappa shape index (κ2) is 9.07. The predicted molar refractivity (Wildman–Crippen MR) is 184 cm³/mol. The van der Waals surface area contributed by atoms with Crippen LogP contribution in [0, 0.1) is 5.82 Å². The van der Waals surface area contributed by atoms with E-state index < -0.39 is 0 Å². The number of benzene rings is 7. The molecule has 0 N–H and O–H groups in total. The number of fused-ring (bicyclic) bond motifs is 6. The summed E-state index contributed by atoms with van der Waals surface area (Å²) in [5.41, 5.74) is 14.6. The van der Waals surface area contributed by atoms with Gasteiger partial charge in [-0.3, -0.25) is 4.98 Å². The molecule has 0 bridgehead atoms. The first-order valence-corrected chi connectivity index (χ1v) is 15.3. The molecule has 1 heterocycles. The maximum atomic E-state index is 17.3. The summed E-state index contributed by atoms with van der Waals surface area (Å²) in [6.07, 6.45) is 3.63. The van der Waals surface area contributed by atoms with Gasteiger partial charge in [0.1, 0.15) is 5.82 Å². The van der Waals surface area contributed by atoms with Crippen molar-refractivity contribution < 1.29 is 4.39 Å². The van der Waals surface area contributed by atoms with Crippen LogP contribution in [0.25, 0.3) is 99.4 Å². The molecule has 0 unspecified atom stereocenters. The first-order valence-electron chi connectivity index (χ1n) is 15.3. The van der Waals surface area contributed by atoms with Gasteiger partial charge in [0.2, 0.25) is 0 Å². The van der Waals surface area contributed by atoms with Crippen LogP contribution in [0.2, 0.25) is 0 Å². The summed E-state index contributed by atoms with van der Waals surface area (Å²) in [7, 11) is 0. The Balaban J connectivity index is 1.27. The lowest BCUT2D eigenvalue weighted by molar-refractivity contribution is 0.635. The fourth-order valence-electron chi connectivity index (χ4n) is 7.80. The molecule has 0 spiro atoms. The number of hydrogen-bond donors (Lipinski definition) is 0. The lowest BCUT2D eigenvalue weighted by atomic mass is 9.87. The molecule has 0 fully saturated rings. The summed E-state index contributed by atoms with van der Waals surface area (Å²) >= 11 is 0. The van der Waals surface area contributed by atoms with Crippen molar-refractivity contribution in [3.63, 3.8) is 0 Å². The lowest BCUT2D eigenvalue weighted by Gasteiger charge is -2.17. The highest BCUT2D eigenvalue weighted by Crippen LogP contribution is 2.52. The number of nitrogens with zero attached hydrogens (tertiary/aromatic N) is 1. The van der Waals surface area contributed by atoms with Gasteiger partial charge >= 0.3 is 0 Å². The maximum absolute atomic E-state index is 17.3. The quantitative estimate of drug-likeness (QED) is 0.205. The lowest BCUT2D eigenvalue weighted by Crippen LogP contribution is -1.95. The molecule has 8 aromatic rings. The number of rotatable bonds is 3. The van der Waals surface area contributed by atoms with E-state index >= 15 is 4.39 Å². The first kappa shape index (κ1) is 24.6. The van der Waals surface area contributed by atoms with Gasteiger partial charge in [0.25, 0.3) is 0 Å². The van der Waals surface area contributed by atoms with Crippen molar-refractivity contribution in [1.29, 1.82) is 0 Å². The molecule has 45 heavy (non-hydrogen) atoms. The predicted octanol–water partition coefficient (Wildman–Crippen LogP) is 11.8. The third-order valence-corrected chi connectivity index (χ3v) is 9.74. The minimum Gasteiger partial charge on any atom is -0.264 e. The van der Waals surface area contributed by atoms with Gasteiger partial charge in [-0.25, -0.2) is 4.39 Å². The molecular weight excluding hydrogens is 549 g/mol. The van der Waals surface area contributed by atoms with E-state index in [1.807, 2.05) is 30.5 Å². The minimum absolute atomic E-state index is 0.213. The average molecular weight is 574 g/mol. The van der Waals surface area contributed by atoms with Crippen LogP contribution in [0.1, 0.15) is 0 Å². The Morgan fingerprint density at radius 2 is 0.800 bits per heavy atom. The van der Waals surface area contributed by atoms with Gasteiger partial charge in [0.15, 0.2) is 0 Å². The molecule has 0 atom stereocenters. The Morgan fingerprint density at radius 3 is 1.27 bits per heavy atom. The van der Waals surface area contributed by atoms with Crippen molar-refractivity contribution in [1.82, 2.24) is 4.98 Å². The Morgan fingerprint density at radius 1 is 0.356 bits per heavy atom. The minimum atomic E-state index is -0.213. The third kappa shape index (κ3) is 3.34. The highest BCUT2D eigenvalue weighted by Gasteiger charge is 2.26. The second-order valence-corrected chi connectivity index (χ2v) is 12.0. The Kier molecular flexibility index (Phi) is 4.95. The van der Waals surface area contributed by atoms with Crippen LogP contribution in [0.3, 0.4) is 0 Å². The average Bonchev–Trinajstić information content (AvgIpc) is 3.61. The number of aromatic nitrogens is 1. The summed E-state index contributed by atoms with van der Waals surface area (Å²) < 4.78 is 17.3. The van der Waals surface area contributed by atoms with E-state index in [2.05, 4.69) is 114 Å². The zero-order valence-corrected chi connectivity index (χ0v) is 24.2. The summed E-state index contributed by atoms with van der Waals surface area (Å²) in [5, 5.41) is 4.49. The molecule has 0 amide bonds. The van der Waals surface area contributed by atoms with Gasteiger partial charge in [0.05, 0.1) is 0 Å².